The van der Waals surface area contributed by atoms with Crippen LogP contribution in [-0.4, -0.2) is 16.7 Å². The predicted molar refractivity (Wildman–Crippen MR) is 74.9 cm³/mol. The third-order valence-electron chi connectivity index (χ3n) is 2.50. The molecule has 19 heavy (non-hydrogen) atoms. The number of aryl methyl sites for hydroxylation is 1. The van der Waals surface area contributed by atoms with Crippen molar-refractivity contribution in [3.8, 4) is 5.75 Å². The van der Waals surface area contributed by atoms with Crippen molar-refractivity contribution in [1.29, 1.82) is 0 Å². The van der Waals surface area contributed by atoms with E-state index < -0.39 is 0 Å². The molecule has 1 aromatic carbocycles. The first-order valence-corrected chi connectivity index (χ1v) is 6.89. The molecule has 0 aliphatic rings. The van der Waals surface area contributed by atoms with E-state index in [0.29, 0.717) is 11.7 Å². The van der Waals surface area contributed by atoms with Crippen molar-refractivity contribution < 1.29 is 9.26 Å². The van der Waals surface area contributed by atoms with E-state index in [-0.39, 0.29) is 6.61 Å². The van der Waals surface area contributed by atoms with Crippen LogP contribution in [0.3, 0.4) is 0 Å². The average molecular weight is 326 g/mol. The Morgan fingerprint density at radius 3 is 2.89 bits per heavy atom. The van der Waals surface area contributed by atoms with Gasteiger partial charge >= 0.3 is 0 Å². The molecular formula is C13H16BrN3O2. The number of hydrogen-bond donors (Lipinski definition) is 1. The molecule has 1 heterocycles. The van der Waals surface area contributed by atoms with Crippen LogP contribution in [0, 0.1) is 6.92 Å². The molecule has 0 spiro atoms. The molecule has 0 aliphatic carbocycles. The minimum absolute atomic E-state index is 0.270. The summed E-state index contributed by atoms with van der Waals surface area (Å²) < 4.78 is 11.5. The summed E-state index contributed by atoms with van der Waals surface area (Å²) in [5.41, 5.74) is 1.20. The van der Waals surface area contributed by atoms with Crippen molar-refractivity contribution in [2.75, 3.05) is 6.54 Å². The molecule has 1 N–H and O–H groups in total. The number of halogens is 1. The normalized spacial score (nSPS) is 10.7. The van der Waals surface area contributed by atoms with E-state index in [9.17, 15) is 0 Å². The van der Waals surface area contributed by atoms with Crippen LogP contribution in [0.5, 0.6) is 5.75 Å². The fraction of sp³-hybridized carbons (Fsp3) is 0.385. The maximum Gasteiger partial charge on any atom is 0.264 e. The predicted octanol–water partition coefficient (Wildman–Crippen LogP) is 2.83. The molecule has 0 unspecified atom stereocenters. The average Bonchev–Trinajstić information content (AvgIpc) is 2.81. The molecule has 2 aromatic rings. The Morgan fingerprint density at radius 2 is 2.26 bits per heavy atom. The summed E-state index contributed by atoms with van der Waals surface area (Å²) in [4.78, 5) is 4.09. The van der Waals surface area contributed by atoms with E-state index in [1.807, 2.05) is 18.2 Å². The van der Waals surface area contributed by atoms with E-state index >= 15 is 0 Å². The van der Waals surface area contributed by atoms with Crippen molar-refractivity contribution in [3.63, 3.8) is 0 Å². The monoisotopic (exact) mass is 325 g/mol. The highest BCUT2D eigenvalue weighted by molar-refractivity contribution is 9.10. The van der Waals surface area contributed by atoms with Crippen LogP contribution in [0.2, 0.25) is 0 Å². The van der Waals surface area contributed by atoms with Gasteiger partial charge < -0.3 is 14.6 Å². The summed E-state index contributed by atoms with van der Waals surface area (Å²) in [7, 11) is 0. The third-order valence-corrected chi connectivity index (χ3v) is 3.12. The maximum atomic E-state index is 5.63. The smallest absolute Gasteiger partial charge is 0.264 e. The molecule has 0 bridgehead atoms. The Labute approximate surface area is 120 Å². The Hall–Kier alpha value is -1.40. The Balaban J connectivity index is 1.96. The van der Waals surface area contributed by atoms with Crippen molar-refractivity contribution in [2.45, 2.75) is 27.0 Å². The summed E-state index contributed by atoms with van der Waals surface area (Å²) >= 11 is 3.50. The minimum Gasteiger partial charge on any atom is -0.483 e. The number of hydrogen-bond acceptors (Lipinski definition) is 5. The van der Waals surface area contributed by atoms with Gasteiger partial charge in [0.1, 0.15) is 5.75 Å². The van der Waals surface area contributed by atoms with Crippen LogP contribution in [0.4, 0.5) is 0 Å². The molecule has 0 atom stereocenters. The molecule has 0 amide bonds. The summed E-state index contributed by atoms with van der Waals surface area (Å²) in [6.07, 6.45) is 0. The highest BCUT2D eigenvalue weighted by Gasteiger charge is 2.06. The second kappa shape index (κ2) is 6.68. The van der Waals surface area contributed by atoms with Gasteiger partial charge in [0.25, 0.3) is 5.89 Å². The van der Waals surface area contributed by atoms with Gasteiger partial charge in [-0.2, -0.15) is 4.98 Å². The molecule has 5 nitrogen and oxygen atoms in total. The zero-order valence-corrected chi connectivity index (χ0v) is 12.5. The number of ether oxygens (including phenoxy) is 1. The van der Waals surface area contributed by atoms with E-state index in [0.717, 1.165) is 23.3 Å². The second-order valence-corrected chi connectivity index (χ2v) is 4.92. The largest absolute Gasteiger partial charge is 0.483 e. The van der Waals surface area contributed by atoms with Gasteiger partial charge in [-0.1, -0.05) is 18.1 Å². The molecule has 0 saturated heterocycles. The van der Waals surface area contributed by atoms with Gasteiger partial charge in [0.05, 0.1) is 4.47 Å². The highest BCUT2D eigenvalue weighted by Crippen LogP contribution is 2.26. The van der Waals surface area contributed by atoms with Crippen LogP contribution in [0.1, 0.15) is 24.2 Å². The maximum absolute atomic E-state index is 5.63. The minimum atomic E-state index is 0.270. The first-order valence-electron chi connectivity index (χ1n) is 6.10. The number of rotatable bonds is 6. The Bertz CT molecular complexity index is 542. The molecule has 0 aliphatic heterocycles. The standard InChI is InChI=1S/C13H16BrN3O2/c1-3-15-7-10-4-5-12(11(14)6-10)18-8-13-16-9(2)17-19-13/h4-6,15H,3,7-8H2,1-2H3. The molecule has 102 valence electrons. The SMILES string of the molecule is CCNCc1ccc(OCc2nc(C)no2)c(Br)c1. The van der Waals surface area contributed by atoms with Crippen LogP contribution in [-0.2, 0) is 13.2 Å². The first-order chi connectivity index (χ1) is 9.19. The van der Waals surface area contributed by atoms with E-state index in [4.69, 9.17) is 9.26 Å². The highest BCUT2D eigenvalue weighted by atomic mass is 79.9. The Morgan fingerprint density at radius 1 is 1.42 bits per heavy atom. The van der Waals surface area contributed by atoms with Gasteiger partial charge in [0.2, 0.25) is 0 Å². The van der Waals surface area contributed by atoms with Crippen LogP contribution in [0.15, 0.2) is 27.2 Å². The van der Waals surface area contributed by atoms with Crippen molar-refractivity contribution in [3.05, 3.63) is 40.0 Å². The first kappa shape index (κ1) is 14.0. The summed E-state index contributed by atoms with van der Waals surface area (Å²) in [6.45, 7) is 5.92. The zero-order valence-electron chi connectivity index (χ0n) is 10.9. The van der Waals surface area contributed by atoms with E-state index in [1.54, 1.807) is 6.92 Å². The summed E-state index contributed by atoms with van der Waals surface area (Å²) in [6, 6.07) is 6.00. The van der Waals surface area contributed by atoms with Crippen LogP contribution >= 0.6 is 15.9 Å². The van der Waals surface area contributed by atoms with Crippen molar-refractivity contribution in [1.82, 2.24) is 15.5 Å². The number of benzene rings is 1. The van der Waals surface area contributed by atoms with Gasteiger partial charge in [-0.3, -0.25) is 0 Å². The quantitative estimate of drug-likeness (QED) is 0.884. The zero-order chi connectivity index (χ0) is 13.7. The number of nitrogens with one attached hydrogen (secondary N) is 1. The molecule has 1 aromatic heterocycles. The fourth-order valence-electron chi connectivity index (χ4n) is 1.58. The van der Waals surface area contributed by atoms with Gasteiger partial charge in [0, 0.05) is 6.54 Å². The van der Waals surface area contributed by atoms with Gasteiger partial charge in [0.15, 0.2) is 12.4 Å². The molecule has 0 fully saturated rings. The van der Waals surface area contributed by atoms with Gasteiger partial charge in [-0.25, -0.2) is 0 Å². The molecule has 6 heteroatoms. The van der Waals surface area contributed by atoms with E-state index in [1.165, 1.54) is 5.56 Å². The molecule has 0 radical (unpaired) electrons. The third kappa shape index (κ3) is 4.04. The van der Waals surface area contributed by atoms with Gasteiger partial charge in [-0.15, -0.1) is 0 Å². The number of nitrogens with zero attached hydrogens (tertiary/aromatic N) is 2. The fourth-order valence-corrected chi connectivity index (χ4v) is 2.12. The van der Waals surface area contributed by atoms with Crippen molar-refractivity contribution in [2.24, 2.45) is 0 Å². The lowest BCUT2D eigenvalue weighted by molar-refractivity contribution is 0.241. The van der Waals surface area contributed by atoms with Gasteiger partial charge in [-0.05, 0) is 47.1 Å². The van der Waals surface area contributed by atoms with E-state index in [2.05, 4.69) is 38.3 Å². The topological polar surface area (TPSA) is 60.2 Å². The number of aromatic nitrogens is 2. The summed E-state index contributed by atoms with van der Waals surface area (Å²) in [5, 5.41) is 6.99. The Kier molecular flexibility index (Phi) is 4.93. The summed E-state index contributed by atoms with van der Waals surface area (Å²) in [5.74, 6) is 1.84. The molecule has 0 saturated carbocycles. The molecule has 2 rings (SSSR count). The van der Waals surface area contributed by atoms with Crippen LogP contribution < -0.4 is 10.1 Å². The van der Waals surface area contributed by atoms with Crippen LogP contribution in [0.25, 0.3) is 0 Å². The second-order valence-electron chi connectivity index (χ2n) is 4.07. The molecular weight excluding hydrogens is 310 g/mol. The lowest BCUT2D eigenvalue weighted by atomic mass is 10.2. The lowest BCUT2D eigenvalue weighted by Gasteiger charge is -2.08. The van der Waals surface area contributed by atoms with Crippen molar-refractivity contribution >= 4 is 15.9 Å². The lowest BCUT2D eigenvalue weighted by Crippen LogP contribution is -2.11.